The Kier molecular flexibility index (Phi) is 6.22. The Morgan fingerprint density at radius 1 is 1.03 bits per heavy atom. The summed E-state index contributed by atoms with van der Waals surface area (Å²) in [5, 5.41) is 5.69. The third-order valence-electron chi connectivity index (χ3n) is 6.91. The van der Waals surface area contributed by atoms with Gasteiger partial charge in [-0.05, 0) is 68.0 Å². The van der Waals surface area contributed by atoms with E-state index in [1.165, 1.54) is 30.5 Å². The molecule has 1 aliphatic rings. The van der Waals surface area contributed by atoms with Gasteiger partial charge < -0.3 is 9.47 Å². The summed E-state index contributed by atoms with van der Waals surface area (Å²) in [6.45, 7) is 4.32. The van der Waals surface area contributed by atoms with E-state index in [1.54, 1.807) is 14.2 Å². The Morgan fingerprint density at radius 3 is 2.47 bits per heavy atom. The summed E-state index contributed by atoms with van der Waals surface area (Å²) >= 11 is 6.17. The minimum absolute atomic E-state index is 0.669. The molecule has 0 spiro atoms. The molecule has 0 fully saturated rings. The molecular weight excluding hydrogens is 446 g/mol. The second kappa shape index (κ2) is 9.30. The lowest BCUT2D eigenvalue weighted by atomic mass is 9.82. The average molecular weight is 476 g/mol. The van der Waals surface area contributed by atoms with Crippen molar-refractivity contribution in [3.8, 4) is 33.9 Å². The molecular formula is C28H30ClN3O2. The quantitative estimate of drug-likeness (QED) is 0.303. The molecule has 1 unspecified atom stereocenters. The molecule has 0 radical (unpaired) electrons. The zero-order chi connectivity index (χ0) is 23.8. The van der Waals surface area contributed by atoms with Gasteiger partial charge in [-0.3, -0.25) is 0 Å². The Labute approximate surface area is 205 Å². The van der Waals surface area contributed by atoms with E-state index in [0.717, 1.165) is 51.6 Å². The van der Waals surface area contributed by atoms with Crippen molar-refractivity contribution in [3.63, 3.8) is 0 Å². The summed E-state index contributed by atoms with van der Waals surface area (Å²) < 4.78 is 13.2. The van der Waals surface area contributed by atoms with Gasteiger partial charge in [0, 0.05) is 27.4 Å². The minimum atomic E-state index is 0.669. The predicted octanol–water partition coefficient (Wildman–Crippen LogP) is 6.95. The van der Waals surface area contributed by atoms with E-state index >= 15 is 0 Å². The van der Waals surface area contributed by atoms with Crippen LogP contribution in [0.2, 0.25) is 5.02 Å². The summed E-state index contributed by atoms with van der Waals surface area (Å²) in [5.41, 5.74) is 8.60. The van der Waals surface area contributed by atoms with Crippen LogP contribution in [0.15, 0.2) is 42.5 Å². The fourth-order valence-electron chi connectivity index (χ4n) is 5.28. The van der Waals surface area contributed by atoms with Crippen molar-refractivity contribution in [3.05, 3.63) is 64.4 Å². The molecule has 2 heterocycles. The first-order valence-corrected chi connectivity index (χ1v) is 12.3. The Hall–Kier alpha value is -3.05. The molecule has 0 N–H and O–H groups in total. The lowest BCUT2D eigenvalue weighted by Gasteiger charge is -2.27. The van der Waals surface area contributed by atoms with E-state index in [-0.39, 0.29) is 0 Å². The molecule has 2 aromatic carbocycles. The number of hydrogen-bond donors (Lipinski definition) is 0. The van der Waals surface area contributed by atoms with Gasteiger partial charge in [-0.15, -0.1) is 0 Å². The van der Waals surface area contributed by atoms with Crippen LogP contribution in [0.3, 0.4) is 0 Å². The first-order valence-electron chi connectivity index (χ1n) is 11.9. The van der Waals surface area contributed by atoms with Crippen LogP contribution in [0.1, 0.15) is 43.1 Å². The molecule has 0 saturated carbocycles. The highest BCUT2D eigenvalue weighted by atomic mass is 35.5. The number of ether oxygens (including phenoxy) is 2. The number of nitrogens with zero attached hydrogens (tertiary/aromatic N) is 3. The number of aryl methyl sites for hydroxylation is 2. The van der Waals surface area contributed by atoms with Crippen LogP contribution in [-0.2, 0) is 12.8 Å². The Bertz CT molecular complexity index is 1340. The fraction of sp³-hybridized carbons (Fsp3) is 0.357. The number of hydrogen-bond acceptors (Lipinski definition) is 4. The minimum Gasteiger partial charge on any atom is -0.493 e. The smallest absolute Gasteiger partial charge is 0.164 e. The predicted molar refractivity (Wildman–Crippen MR) is 137 cm³/mol. The van der Waals surface area contributed by atoms with Gasteiger partial charge in [-0.2, -0.15) is 5.10 Å². The van der Waals surface area contributed by atoms with Crippen LogP contribution in [0, 0.1) is 12.8 Å². The SMILES string of the molecule is CCCC1CCc2c(c(-c3ccc(OC)c(OC)c3)nc3c(-c4ccc(Cl)cc4)c(C)nn23)C1. The molecule has 34 heavy (non-hydrogen) atoms. The standard InChI is InChI=1S/C28H30ClN3O2/c1-5-6-18-7-13-23-22(15-18)27(20-10-14-24(33-3)25(16-20)34-4)30-28-26(17(2)31-32(23)28)19-8-11-21(29)12-9-19/h8-12,14,16,18H,5-7,13,15H2,1-4H3. The van der Waals surface area contributed by atoms with Gasteiger partial charge >= 0.3 is 0 Å². The molecule has 6 heteroatoms. The number of methoxy groups -OCH3 is 2. The van der Waals surface area contributed by atoms with E-state index in [9.17, 15) is 0 Å². The monoisotopic (exact) mass is 475 g/mol. The normalized spacial score (nSPS) is 15.4. The van der Waals surface area contributed by atoms with Crippen molar-refractivity contribution in [2.24, 2.45) is 5.92 Å². The van der Waals surface area contributed by atoms with Gasteiger partial charge in [-0.25, -0.2) is 9.50 Å². The number of rotatable bonds is 6. The van der Waals surface area contributed by atoms with Crippen LogP contribution in [0.25, 0.3) is 28.0 Å². The van der Waals surface area contributed by atoms with Crippen LogP contribution in [0.5, 0.6) is 11.5 Å². The van der Waals surface area contributed by atoms with E-state index in [1.807, 2.05) is 36.4 Å². The number of aromatic nitrogens is 3. The highest BCUT2D eigenvalue weighted by Crippen LogP contribution is 2.40. The molecule has 0 amide bonds. The van der Waals surface area contributed by atoms with Gasteiger partial charge in [-0.1, -0.05) is 43.5 Å². The van der Waals surface area contributed by atoms with Crippen molar-refractivity contribution in [1.82, 2.24) is 14.6 Å². The molecule has 0 saturated heterocycles. The van der Waals surface area contributed by atoms with Gasteiger partial charge in [0.1, 0.15) is 0 Å². The largest absolute Gasteiger partial charge is 0.493 e. The summed E-state index contributed by atoms with van der Waals surface area (Å²) in [7, 11) is 3.33. The number of fused-ring (bicyclic) bond motifs is 3. The van der Waals surface area contributed by atoms with E-state index < -0.39 is 0 Å². The maximum Gasteiger partial charge on any atom is 0.164 e. The summed E-state index contributed by atoms with van der Waals surface area (Å²) in [5.74, 6) is 2.09. The maximum absolute atomic E-state index is 6.17. The summed E-state index contributed by atoms with van der Waals surface area (Å²) in [6.07, 6.45) is 5.63. The van der Waals surface area contributed by atoms with Crippen LogP contribution in [0.4, 0.5) is 0 Å². The zero-order valence-corrected chi connectivity index (χ0v) is 20.9. The lowest BCUT2D eigenvalue weighted by Crippen LogP contribution is -2.20. The lowest BCUT2D eigenvalue weighted by molar-refractivity contribution is 0.355. The zero-order valence-electron chi connectivity index (χ0n) is 20.2. The molecule has 4 aromatic rings. The topological polar surface area (TPSA) is 48.7 Å². The number of halogens is 1. The second-order valence-electron chi connectivity index (χ2n) is 9.06. The first kappa shape index (κ1) is 22.7. The van der Waals surface area contributed by atoms with Gasteiger partial charge in [0.25, 0.3) is 0 Å². The van der Waals surface area contributed by atoms with Crippen molar-refractivity contribution in [2.75, 3.05) is 14.2 Å². The van der Waals surface area contributed by atoms with Crippen molar-refractivity contribution in [1.29, 1.82) is 0 Å². The molecule has 2 aromatic heterocycles. The third-order valence-corrected chi connectivity index (χ3v) is 7.16. The molecule has 0 aliphatic heterocycles. The van der Waals surface area contributed by atoms with E-state index in [4.69, 9.17) is 31.2 Å². The maximum atomic E-state index is 6.17. The first-order chi connectivity index (χ1) is 16.5. The Morgan fingerprint density at radius 2 is 1.76 bits per heavy atom. The molecule has 1 aliphatic carbocycles. The fourth-order valence-corrected chi connectivity index (χ4v) is 5.40. The highest BCUT2D eigenvalue weighted by molar-refractivity contribution is 6.30. The average Bonchev–Trinajstić information content (AvgIpc) is 3.19. The molecule has 0 bridgehead atoms. The second-order valence-corrected chi connectivity index (χ2v) is 9.49. The summed E-state index contributed by atoms with van der Waals surface area (Å²) in [6, 6.07) is 14.0. The number of benzene rings is 2. The van der Waals surface area contributed by atoms with Crippen LogP contribution >= 0.6 is 11.6 Å². The highest BCUT2D eigenvalue weighted by Gasteiger charge is 2.28. The molecule has 5 rings (SSSR count). The van der Waals surface area contributed by atoms with E-state index in [2.05, 4.69) is 24.4 Å². The van der Waals surface area contributed by atoms with E-state index in [0.29, 0.717) is 17.4 Å². The van der Waals surface area contributed by atoms with Crippen molar-refractivity contribution in [2.45, 2.75) is 46.0 Å². The van der Waals surface area contributed by atoms with Crippen molar-refractivity contribution < 1.29 is 9.47 Å². The van der Waals surface area contributed by atoms with Crippen LogP contribution in [-0.4, -0.2) is 28.8 Å². The van der Waals surface area contributed by atoms with Gasteiger partial charge in [0.05, 0.1) is 25.6 Å². The van der Waals surface area contributed by atoms with Crippen LogP contribution < -0.4 is 9.47 Å². The molecule has 5 nitrogen and oxygen atoms in total. The van der Waals surface area contributed by atoms with Gasteiger partial charge in [0.2, 0.25) is 0 Å². The van der Waals surface area contributed by atoms with Crippen molar-refractivity contribution >= 4 is 17.2 Å². The summed E-state index contributed by atoms with van der Waals surface area (Å²) in [4.78, 5) is 5.27. The Balaban J connectivity index is 1.77. The van der Waals surface area contributed by atoms with Gasteiger partial charge in [0.15, 0.2) is 17.1 Å². The third kappa shape index (κ3) is 3.92. The molecule has 176 valence electrons. The molecule has 1 atom stereocenters.